The summed E-state index contributed by atoms with van der Waals surface area (Å²) in [6.45, 7) is 5.76. The largest absolute Gasteiger partial charge is 0.452 e. The van der Waals surface area contributed by atoms with Gasteiger partial charge in [0.25, 0.3) is 0 Å². The number of thioether (sulfide) groups is 1. The van der Waals surface area contributed by atoms with E-state index in [-0.39, 0.29) is 6.23 Å². The molecule has 108 valence electrons. The minimum absolute atomic E-state index is 0.124. The molecule has 0 saturated carbocycles. The van der Waals surface area contributed by atoms with Gasteiger partial charge in [-0.1, -0.05) is 43.0 Å². The minimum Gasteiger partial charge on any atom is -0.452 e. The molecule has 1 atom stereocenters. The van der Waals surface area contributed by atoms with Crippen LogP contribution >= 0.6 is 11.8 Å². The molecule has 0 aliphatic carbocycles. The smallest absolute Gasteiger partial charge is 0.247 e. The normalized spacial score (nSPS) is 16.0. The van der Waals surface area contributed by atoms with Crippen molar-refractivity contribution < 1.29 is 4.74 Å². The molecular formula is C15H16N4OS. The summed E-state index contributed by atoms with van der Waals surface area (Å²) in [6, 6.07) is 7.96. The van der Waals surface area contributed by atoms with E-state index in [4.69, 9.17) is 4.74 Å². The van der Waals surface area contributed by atoms with Crippen LogP contribution in [0.25, 0.3) is 11.3 Å². The van der Waals surface area contributed by atoms with Gasteiger partial charge in [-0.15, -0.1) is 16.8 Å². The predicted molar refractivity (Wildman–Crippen MR) is 84.5 cm³/mol. The number of benzene rings is 1. The second-order valence-electron chi connectivity index (χ2n) is 4.55. The molecule has 0 fully saturated rings. The number of nitrogens with one attached hydrogen (secondary N) is 1. The molecule has 1 aromatic heterocycles. The maximum Gasteiger partial charge on any atom is 0.247 e. The van der Waals surface area contributed by atoms with Crippen molar-refractivity contribution in [3.05, 3.63) is 36.9 Å². The molecule has 0 spiro atoms. The van der Waals surface area contributed by atoms with Crippen molar-refractivity contribution in [3.8, 4) is 17.1 Å². The third-order valence-corrected chi connectivity index (χ3v) is 3.92. The van der Waals surface area contributed by atoms with Gasteiger partial charge in [-0.3, -0.25) is 0 Å². The zero-order chi connectivity index (χ0) is 14.7. The fraction of sp³-hybridized carbons (Fsp3) is 0.267. The van der Waals surface area contributed by atoms with E-state index in [0.29, 0.717) is 16.7 Å². The Morgan fingerprint density at radius 3 is 3.05 bits per heavy atom. The second-order valence-corrected chi connectivity index (χ2v) is 5.54. The Balaban J connectivity index is 2.06. The van der Waals surface area contributed by atoms with Crippen LogP contribution in [-0.4, -0.2) is 27.2 Å². The van der Waals surface area contributed by atoms with E-state index in [1.54, 1.807) is 0 Å². The van der Waals surface area contributed by atoms with Gasteiger partial charge in [0.2, 0.25) is 11.0 Å². The number of hydrogen-bond acceptors (Lipinski definition) is 6. The first-order chi connectivity index (χ1) is 10.3. The Bertz CT molecular complexity index is 662. The van der Waals surface area contributed by atoms with Gasteiger partial charge >= 0.3 is 0 Å². The lowest BCUT2D eigenvalue weighted by molar-refractivity contribution is 0.216. The number of para-hydroxylation sites is 1. The SMILES string of the molecule is C=CCSc1nnc2c(n1)O[C@H](CC)Nc1ccccc1-2. The summed E-state index contributed by atoms with van der Waals surface area (Å²) in [5.41, 5.74) is 2.63. The topological polar surface area (TPSA) is 59.9 Å². The maximum atomic E-state index is 5.95. The zero-order valence-corrected chi connectivity index (χ0v) is 12.6. The first-order valence-electron chi connectivity index (χ1n) is 6.82. The van der Waals surface area contributed by atoms with Crippen molar-refractivity contribution in [1.29, 1.82) is 0 Å². The first kappa shape index (κ1) is 13.9. The highest BCUT2D eigenvalue weighted by molar-refractivity contribution is 7.99. The van der Waals surface area contributed by atoms with Gasteiger partial charge in [0.05, 0.1) is 0 Å². The van der Waals surface area contributed by atoms with Crippen LogP contribution in [0.5, 0.6) is 5.88 Å². The van der Waals surface area contributed by atoms with Crippen LogP contribution < -0.4 is 10.1 Å². The van der Waals surface area contributed by atoms with Gasteiger partial charge in [-0.25, -0.2) is 0 Å². The Morgan fingerprint density at radius 1 is 1.38 bits per heavy atom. The number of rotatable bonds is 4. The molecule has 5 nitrogen and oxygen atoms in total. The molecule has 0 amide bonds. The summed E-state index contributed by atoms with van der Waals surface area (Å²) < 4.78 is 5.95. The van der Waals surface area contributed by atoms with Crippen molar-refractivity contribution in [2.24, 2.45) is 0 Å². The average Bonchev–Trinajstić information content (AvgIpc) is 2.68. The predicted octanol–water partition coefficient (Wildman–Crippen LogP) is 3.36. The molecule has 1 aliphatic heterocycles. The van der Waals surface area contributed by atoms with Crippen molar-refractivity contribution in [3.63, 3.8) is 0 Å². The molecule has 3 rings (SSSR count). The van der Waals surface area contributed by atoms with Crippen LogP contribution in [0.3, 0.4) is 0 Å². The lowest BCUT2D eigenvalue weighted by atomic mass is 10.1. The number of ether oxygens (including phenoxy) is 1. The van der Waals surface area contributed by atoms with E-state index in [9.17, 15) is 0 Å². The molecule has 0 unspecified atom stereocenters. The summed E-state index contributed by atoms with van der Waals surface area (Å²) in [5.74, 6) is 1.27. The molecule has 0 bridgehead atoms. The Hall–Kier alpha value is -2.08. The number of nitrogens with zero attached hydrogens (tertiary/aromatic N) is 3. The number of hydrogen-bond donors (Lipinski definition) is 1. The van der Waals surface area contributed by atoms with Crippen molar-refractivity contribution in [2.75, 3.05) is 11.1 Å². The second kappa shape index (κ2) is 6.13. The third-order valence-electron chi connectivity index (χ3n) is 3.09. The highest BCUT2D eigenvalue weighted by atomic mass is 32.2. The average molecular weight is 300 g/mol. The van der Waals surface area contributed by atoms with Crippen LogP contribution in [-0.2, 0) is 0 Å². The molecule has 1 aromatic carbocycles. The van der Waals surface area contributed by atoms with E-state index in [2.05, 4.69) is 34.0 Å². The minimum atomic E-state index is -0.124. The Kier molecular flexibility index (Phi) is 4.06. The molecule has 0 radical (unpaired) electrons. The quantitative estimate of drug-likeness (QED) is 0.690. The van der Waals surface area contributed by atoms with Crippen LogP contribution in [0.2, 0.25) is 0 Å². The van der Waals surface area contributed by atoms with Gasteiger partial charge < -0.3 is 10.1 Å². The highest BCUT2D eigenvalue weighted by Crippen LogP contribution is 2.36. The van der Waals surface area contributed by atoms with Gasteiger partial charge in [-0.2, -0.15) is 4.98 Å². The van der Waals surface area contributed by atoms with E-state index in [1.807, 2.05) is 30.3 Å². The Morgan fingerprint density at radius 2 is 2.24 bits per heavy atom. The van der Waals surface area contributed by atoms with Crippen LogP contribution in [0, 0.1) is 0 Å². The highest BCUT2D eigenvalue weighted by Gasteiger charge is 2.23. The molecule has 2 heterocycles. The van der Waals surface area contributed by atoms with E-state index in [1.165, 1.54) is 11.8 Å². The standard InChI is InChI=1S/C15H16N4OS/c1-3-9-21-15-17-14-13(18-19-15)10-7-5-6-8-11(10)16-12(4-2)20-14/h3,5-8,12,16H,1,4,9H2,2H3/t12-/m1/s1. The van der Waals surface area contributed by atoms with E-state index in [0.717, 1.165) is 23.4 Å². The molecule has 21 heavy (non-hydrogen) atoms. The van der Waals surface area contributed by atoms with Crippen LogP contribution in [0.15, 0.2) is 42.1 Å². The summed E-state index contributed by atoms with van der Waals surface area (Å²) in [6.07, 6.45) is 2.51. The molecule has 1 aliphatic rings. The van der Waals surface area contributed by atoms with Gasteiger partial charge in [0, 0.05) is 23.4 Å². The summed E-state index contributed by atoms with van der Waals surface area (Å²) in [4.78, 5) is 4.49. The molecular weight excluding hydrogens is 284 g/mol. The molecule has 6 heteroatoms. The van der Waals surface area contributed by atoms with Crippen LogP contribution in [0.1, 0.15) is 13.3 Å². The van der Waals surface area contributed by atoms with Gasteiger partial charge in [-0.05, 0) is 6.07 Å². The fourth-order valence-corrected chi connectivity index (χ4v) is 2.60. The number of fused-ring (bicyclic) bond motifs is 3. The van der Waals surface area contributed by atoms with Crippen molar-refractivity contribution in [1.82, 2.24) is 15.2 Å². The monoisotopic (exact) mass is 300 g/mol. The lowest BCUT2D eigenvalue weighted by Crippen LogP contribution is -2.24. The van der Waals surface area contributed by atoms with Gasteiger partial charge in [0.1, 0.15) is 0 Å². The summed E-state index contributed by atoms with van der Waals surface area (Å²) in [7, 11) is 0. The Labute approximate surface area is 127 Å². The number of aromatic nitrogens is 3. The first-order valence-corrected chi connectivity index (χ1v) is 7.81. The summed E-state index contributed by atoms with van der Waals surface area (Å²) >= 11 is 1.49. The number of anilines is 1. The zero-order valence-electron chi connectivity index (χ0n) is 11.7. The summed E-state index contributed by atoms with van der Waals surface area (Å²) in [5, 5.41) is 12.4. The van der Waals surface area contributed by atoms with Crippen LogP contribution in [0.4, 0.5) is 5.69 Å². The van der Waals surface area contributed by atoms with E-state index < -0.39 is 0 Å². The molecule has 0 saturated heterocycles. The maximum absolute atomic E-state index is 5.95. The van der Waals surface area contributed by atoms with Crippen molar-refractivity contribution in [2.45, 2.75) is 24.7 Å². The lowest BCUT2D eigenvalue weighted by Gasteiger charge is -2.16. The fourth-order valence-electron chi connectivity index (χ4n) is 2.08. The molecule has 1 N–H and O–H groups in total. The molecule has 2 aromatic rings. The van der Waals surface area contributed by atoms with Gasteiger partial charge in [0.15, 0.2) is 11.9 Å². The van der Waals surface area contributed by atoms with E-state index >= 15 is 0 Å². The third kappa shape index (κ3) is 2.85. The van der Waals surface area contributed by atoms with Crippen molar-refractivity contribution >= 4 is 17.4 Å².